The van der Waals surface area contributed by atoms with E-state index in [1.54, 1.807) is 6.92 Å². The zero-order valence-corrected chi connectivity index (χ0v) is 11.0. The van der Waals surface area contributed by atoms with E-state index in [-0.39, 0.29) is 11.8 Å². The number of likely N-dealkylation sites (tertiary alicyclic amines) is 1. The maximum atomic E-state index is 11.9. The van der Waals surface area contributed by atoms with Crippen molar-refractivity contribution in [2.75, 3.05) is 13.6 Å². The van der Waals surface area contributed by atoms with Crippen molar-refractivity contribution in [1.82, 2.24) is 4.90 Å². The second kappa shape index (κ2) is 5.44. The van der Waals surface area contributed by atoms with Gasteiger partial charge in [-0.3, -0.25) is 14.5 Å². The molecule has 0 saturated carbocycles. The van der Waals surface area contributed by atoms with Crippen LogP contribution in [-0.2, 0) is 11.2 Å². The Morgan fingerprint density at radius 2 is 2.00 bits per heavy atom. The van der Waals surface area contributed by atoms with Gasteiger partial charge in [-0.05, 0) is 38.9 Å². The van der Waals surface area contributed by atoms with E-state index in [4.69, 9.17) is 0 Å². The van der Waals surface area contributed by atoms with Crippen LogP contribution in [0.15, 0.2) is 24.3 Å². The van der Waals surface area contributed by atoms with E-state index in [1.165, 1.54) is 0 Å². The van der Waals surface area contributed by atoms with E-state index < -0.39 is 0 Å². The van der Waals surface area contributed by atoms with Crippen molar-refractivity contribution in [3.05, 3.63) is 35.4 Å². The molecule has 0 radical (unpaired) electrons. The van der Waals surface area contributed by atoms with Crippen molar-refractivity contribution >= 4 is 11.6 Å². The van der Waals surface area contributed by atoms with Gasteiger partial charge in [-0.2, -0.15) is 0 Å². The molecule has 1 aliphatic heterocycles. The van der Waals surface area contributed by atoms with Crippen LogP contribution in [-0.4, -0.2) is 36.1 Å². The van der Waals surface area contributed by atoms with Gasteiger partial charge < -0.3 is 0 Å². The molecule has 0 spiro atoms. The van der Waals surface area contributed by atoms with Crippen LogP contribution in [0.25, 0.3) is 0 Å². The highest BCUT2D eigenvalue weighted by atomic mass is 16.1. The summed E-state index contributed by atoms with van der Waals surface area (Å²) in [6.07, 6.45) is 2.41. The predicted octanol–water partition coefficient (Wildman–Crippen LogP) is 2.10. The largest absolute Gasteiger partial charge is 0.298 e. The molecule has 0 amide bonds. The Morgan fingerprint density at radius 1 is 1.33 bits per heavy atom. The number of nitrogens with zero attached hydrogens (tertiary/aromatic N) is 1. The smallest absolute Gasteiger partial charge is 0.159 e. The molecule has 0 aliphatic carbocycles. The molecular weight excluding hydrogens is 226 g/mol. The normalized spacial score (nSPS) is 21.0. The van der Waals surface area contributed by atoms with Gasteiger partial charge in [0.05, 0.1) is 6.04 Å². The van der Waals surface area contributed by atoms with Crippen LogP contribution in [0.1, 0.15) is 35.7 Å². The minimum absolute atomic E-state index is 0.00179. The number of hydrogen-bond donors (Lipinski definition) is 0. The molecule has 1 aliphatic rings. The predicted molar refractivity (Wildman–Crippen MR) is 70.8 cm³/mol. The fraction of sp³-hybridized carbons (Fsp3) is 0.467. The molecule has 0 aromatic heterocycles. The molecule has 3 heteroatoms. The molecule has 0 N–H and O–H groups in total. The molecule has 2 rings (SSSR count). The lowest BCUT2D eigenvalue weighted by atomic mass is 9.94. The van der Waals surface area contributed by atoms with Gasteiger partial charge in [-0.25, -0.2) is 0 Å². The summed E-state index contributed by atoms with van der Waals surface area (Å²) in [5.74, 6) is 0.409. The molecule has 1 aromatic rings. The van der Waals surface area contributed by atoms with Gasteiger partial charge in [-0.1, -0.05) is 24.3 Å². The lowest BCUT2D eigenvalue weighted by Gasteiger charge is -2.31. The number of carbonyl (C=O) groups is 2. The number of ketones is 2. The summed E-state index contributed by atoms with van der Waals surface area (Å²) in [5.41, 5.74) is 1.84. The Morgan fingerprint density at radius 3 is 2.56 bits per heavy atom. The lowest BCUT2D eigenvalue weighted by Crippen LogP contribution is -2.44. The summed E-state index contributed by atoms with van der Waals surface area (Å²) in [6, 6.07) is 7.58. The van der Waals surface area contributed by atoms with Gasteiger partial charge in [0.2, 0.25) is 0 Å². The summed E-state index contributed by atoms with van der Waals surface area (Å²) < 4.78 is 0. The van der Waals surface area contributed by atoms with Crippen molar-refractivity contribution in [1.29, 1.82) is 0 Å². The minimum Gasteiger partial charge on any atom is -0.298 e. The first-order chi connectivity index (χ1) is 8.58. The molecule has 1 unspecified atom stereocenters. The zero-order valence-electron chi connectivity index (χ0n) is 11.0. The fourth-order valence-electron chi connectivity index (χ4n) is 2.44. The van der Waals surface area contributed by atoms with Crippen molar-refractivity contribution in [3.8, 4) is 0 Å². The molecule has 1 heterocycles. The average Bonchev–Trinajstić information content (AvgIpc) is 2.34. The highest BCUT2D eigenvalue weighted by molar-refractivity contribution is 5.94. The van der Waals surface area contributed by atoms with Gasteiger partial charge in [0.15, 0.2) is 5.78 Å². The van der Waals surface area contributed by atoms with Gasteiger partial charge in [0.1, 0.15) is 5.78 Å². The third-order valence-electron chi connectivity index (χ3n) is 3.63. The Balaban J connectivity index is 2.08. The fourth-order valence-corrected chi connectivity index (χ4v) is 2.44. The van der Waals surface area contributed by atoms with Crippen LogP contribution in [0.5, 0.6) is 0 Å². The maximum Gasteiger partial charge on any atom is 0.159 e. The van der Waals surface area contributed by atoms with E-state index in [9.17, 15) is 9.59 Å². The Hall–Kier alpha value is -1.48. The van der Waals surface area contributed by atoms with Crippen LogP contribution in [0.3, 0.4) is 0 Å². The molecule has 1 saturated heterocycles. The quantitative estimate of drug-likeness (QED) is 0.765. The minimum atomic E-state index is 0.00179. The Labute approximate surface area is 108 Å². The summed E-state index contributed by atoms with van der Waals surface area (Å²) in [4.78, 5) is 25.2. The number of rotatable bonds is 3. The third-order valence-corrected chi connectivity index (χ3v) is 3.63. The van der Waals surface area contributed by atoms with Crippen molar-refractivity contribution in [3.63, 3.8) is 0 Å². The van der Waals surface area contributed by atoms with Crippen molar-refractivity contribution in [2.45, 2.75) is 32.2 Å². The number of likely N-dealkylation sites (N-methyl/N-ethyl adjacent to an activating group) is 1. The Kier molecular flexibility index (Phi) is 3.92. The molecule has 3 nitrogen and oxygen atoms in total. The van der Waals surface area contributed by atoms with Gasteiger partial charge in [0.25, 0.3) is 0 Å². The molecule has 1 aromatic carbocycles. The number of Topliss-reactive ketones (excluding diaryl/α,β-unsaturated/α-hetero) is 2. The SMILES string of the molecule is CC(=O)c1ccc(CC2C(=O)CCCN2C)cc1. The van der Waals surface area contributed by atoms with Gasteiger partial charge >= 0.3 is 0 Å². The van der Waals surface area contributed by atoms with Crippen LogP contribution in [0.2, 0.25) is 0 Å². The maximum absolute atomic E-state index is 11.9. The second-order valence-electron chi connectivity index (χ2n) is 5.02. The molecule has 18 heavy (non-hydrogen) atoms. The van der Waals surface area contributed by atoms with E-state index in [0.29, 0.717) is 12.2 Å². The first kappa shape index (κ1) is 13.0. The van der Waals surface area contributed by atoms with Crippen LogP contribution >= 0.6 is 0 Å². The van der Waals surface area contributed by atoms with Crippen LogP contribution in [0, 0.1) is 0 Å². The van der Waals surface area contributed by atoms with E-state index >= 15 is 0 Å². The molecule has 1 atom stereocenters. The monoisotopic (exact) mass is 245 g/mol. The average molecular weight is 245 g/mol. The van der Waals surface area contributed by atoms with E-state index in [1.807, 2.05) is 31.3 Å². The lowest BCUT2D eigenvalue weighted by molar-refractivity contribution is -0.126. The van der Waals surface area contributed by atoms with Gasteiger partial charge in [0, 0.05) is 12.0 Å². The van der Waals surface area contributed by atoms with Crippen LogP contribution < -0.4 is 0 Å². The first-order valence-electron chi connectivity index (χ1n) is 6.41. The molecule has 0 bridgehead atoms. The summed E-state index contributed by atoms with van der Waals surface area (Å²) >= 11 is 0. The molecule has 1 fully saturated rings. The van der Waals surface area contributed by atoms with Crippen molar-refractivity contribution in [2.24, 2.45) is 0 Å². The molecular formula is C15H19NO2. The second-order valence-corrected chi connectivity index (χ2v) is 5.02. The summed E-state index contributed by atoms with van der Waals surface area (Å²) in [7, 11) is 2.01. The Bertz CT molecular complexity index is 450. The van der Waals surface area contributed by atoms with Crippen molar-refractivity contribution < 1.29 is 9.59 Å². The summed E-state index contributed by atoms with van der Waals surface area (Å²) in [5, 5.41) is 0. The third kappa shape index (κ3) is 2.85. The van der Waals surface area contributed by atoms with E-state index in [0.717, 1.165) is 30.5 Å². The standard InChI is InChI=1S/C15H19NO2/c1-11(17)13-7-5-12(6-8-13)10-14-15(18)4-3-9-16(14)2/h5-8,14H,3-4,9-10H2,1-2H3. The number of carbonyl (C=O) groups excluding carboxylic acids is 2. The number of piperidine rings is 1. The molecule has 96 valence electrons. The van der Waals surface area contributed by atoms with Gasteiger partial charge in [-0.15, -0.1) is 0 Å². The van der Waals surface area contributed by atoms with Crippen LogP contribution in [0.4, 0.5) is 0 Å². The highest BCUT2D eigenvalue weighted by Gasteiger charge is 2.26. The first-order valence-corrected chi connectivity index (χ1v) is 6.41. The highest BCUT2D eigenvalue weighted by Crippen LogP contribution is 2.17. The van der Waals surface area contributed by atoms with E-state index in [2.05, 4.69) is 4.90 Å². The summed E-state index contributed by atoms with van der Waals surface area (Å²) in [6.45, 7) is 2.55. The number of benzene rings is 1. The number of hydrogen-bond acceptors (Lipinski definition) is 3. The topological polar surface area (TPSA) is 37.4 Å². The zero-order chi connectivity index (χ0) is 13.1.